The Labute approximate surface area is 152 Å². The quantitative estimate of drug-likeness (QED) is 0.915. The van der Waals surface area contributed by atoms with Gasteiger partial charge in [0.15, 0.2) is 0 Å². The van der Waals surface area contributed by atoms with Crippen LogP contribution in [0, 0.1) is 12.7 Å². The van der Waals surface area contributed by atoms with Crippen LogP contribution in [-0.4, -0.2) is 49.4 Å². The van der Waals surface area contributed by atoms with Gasteiger partial charge in [0.1, 0.15) is 5.82 Å². The summed E-state index contributed by atoms with van der Waals surface area (Å²) in [6, 6.07) is 13.5. The number of anilines is 1. The van der Waals surface area contributed by atoms with Crippen molar-refractivity contribution in [2.24, 2.45) is 0 Å². The first-order valence-electron chi connectivity index (χ1n) is 8.67. The summed E-state index contributed by atoms with van der Waals surface area (Å²) in [6.07, 6.45) is 0. The van der Waals surface area contributed by atoms with Crippen molar-refractivity contribution < 1.29 is 14.0 Å². The largest absolute Gasteiger partial charge is 0.368 e. The Morgan fingerprint density at radius 1 is 1.00 bits per heavy atom. The zero-order valence-corrected chi connectivity index (χ0v) is 14.7. The maximum Gasteiger partial charge on any atom is 0.251 e. The number of rotatable bonds is 4. The van der Waals surface area contributed by atoms with E-state index in [0.29, 0.717) is 18.7 Å². The van der Waals surface area contributed by atoms with Crippen molar-refractivity contribution in [3.8, 4) is 0 Å². The van der Waals surface area contributed by atoms with E-state index in [-0.39, 0.29) is 18.4 Å². The highest BCUT2D eigenvalue weighted by Crippen LogP contribution is 2.20. The molecule has 1 fully saturated rings. The maximum atomic E-state index is 12.9. The molecule has 136 valence electrons. The Kier molecular flexibility index (Phi) is 5.51. The molecule has 0 radical (unpaired) electrons. The fourth-order valence-corrected chi connectivity index (χ4v) is 3.09. The first-order valence-corrected chi connectivity index (χ1v) is 8.67. The molecule has 2 amide bonds. The van der Waals surface area contributed by atoms with E-state index in [4.69, 9.17) is 0 Å². The molecule has 1 N–H and O–H groups in total. The van der Waals surface area contributed by atoms with E-state index < -0.39 is 5.82 Å². The van der Waals surface area contributed by atoms with Crippen molar-refractivity contribution in [1.29, 1.82) is 0 Å². The van der Waals surface area contributed by atoms with Crippen LogP contribution in [0.25, 0.3) is 0 Å². The fourth-order valence-electron chi connectivity index (χ4n) is 3.09. The second-order valence-corrected chi connectivity index (χ2v) is 6.34. The molecule has 3 rings (SSSR count). The molecule has 0 bridgehead atoms. The van der Waals surface area contributed by atoms with Gasteiger partial charge in [-0.05, 0) is 42.8 Å². The smallest absolute Gasteiger partial charge is 0.251 e. The van der Waals surface area contributed by atoms with Crippen LogP contribution in [0.5, 0.6) is 0 Å². The summed E-state index contributed by atoms with van der Waals surface area (Å²) < 4.78 is 12.9. The van der Waals surface area contributed by atoms with Gasteiger partial charge < -0.3 is 15.1 Å². The molecule has 5 nitrogen and oxygen atoms in total. The highest BCUT2D eigenvalue weighted by atomic mass is 19.1. The molecule has 1 aliphatic rings. The van der Waals surface area contributed by atoms with E-state index in [0.717, 1.165) is 13.1 Å². The number of hydrogen-bond acceptors (Lipinski definition) is 3. The Morgan fingerprint density at radius 2 is 1.65 bits per heavy atom. The minimum Gasteiger partial charge on any atom is -0.368 e. The van der Waals surface area contributed by atoms with Gasteiger partial charge >= 0.3 is 0 Å². The van der Waals surface area contributed by atoms with Crippen molar-refractivity contribution in [3.63, 3.8) is 0 Å². The summed E-state index contributed by atoms with van der Waals surface area (Å²) >= 11 is 0. The molecule has 1 heterocycles. The van der Waals surface area contributed by atoms with Crippen LogP contribution in [0.2, 0.25) is 0 Å². The van der Waals surface area contributed by atoms with Crippen LogP contribution in [0.3, 0.4) is 0 Å². The van der Waals surface area contributed by atoms with Gasteiger partial charge in [-0.15, -0.1) is 0 Å². The number of para-hydroxylation sites is 1. The normalized spacial score (nSPS) is 14.2. The zero-order chi connectivity index (χ0) is 18.5. The van der Waals surface area contributed by atoms with Crippen molar-refractivity contribution in [3.05, 3.63) is 65.5 Å². The Balaban J connectivity index is 1.48. The second kappa shape index (κ2) is 7.99. The predicted molar refractivity (Wildman–Crippen MR) is 98.7 cm³/mol. The molecule has 6 heteroatoms. The Bertz CT molecular complexity index is 784. The lowest BCUT2D eigenvalue weighted by Gasteiger charge is -2.36. The average Bonchev–Trinajstić information content (AvgIpc) is 2.67. The summed E-state index contributed by atoms with van der Waals surface area (Å²) in [4.78, 5) is 28.4. The number of carbonyl (C=O) groups is 2. The standard InChI is InChI=1S/C20H22FN3O2/c1-15-4-2-3-5-18(15)23-10-12-24(13-11-23)19(25)14-22-20(26)16-6-8-17(21)9-7-16/h2-9H,10-14H2,1H3,(H,22,26). The van der Waals surface area contributed by atoms with Gasteiger partial charge in [-0.2, -0.15) is 0 Å². The van der Waals surface area contributed by atoms with Crippen LogP contribution >= 0.6 is 0 Å². The van der Waals surface area contributed by atoms with Crippen LogP contribution in [0.15, 0.2) is 48.5 Å². The van der Waals surface area contributed by atoms with Crippen molar-refractivity contribution in [2.45, 2.75) is 6.92 Å². The first kappa shape index (κ1) is 17.9. The third kappa shape index (κ3) is 4.20. The minimum absolute atomic E-state index is 0.0550. The molecular weight excluding hydrogens is 333 g/mol. The molecule has 2 aromatic rings. The number of halogens is 1. The fraction of sp³-hybridized carbons (Fsp3) is 0.300. The van der Waals surface area contributed by atoms with E-state index in [9.17, 15) is 14.0 Å². The van der Waals surface area contributed by atoms with Crippen molar-refractivity contribution in [2.75, 3.05) is 37.6 Å². The SMILES string of the molecule is Cc1ccccc1N1CCN(C(=O)CNC(=O)c2ccc(F)cc2)CC1. The molecule has 0 aliphatic carbocycles. The summed E-state index contributed by atoms with van der Waals surface area (Å²) in [6.45, 7) is 4.81. The number of amides is 2. The van der Waals surface area contributed by atoms with Gasteiger partial charge in [-0.1, -0.05) is 18.2 Å². The highest BCUT2D eigenvalue weighted by molar-refractivity contribution is 5.96. The van der Waals surface area contributed by atoms with E-state index in [2.05, 4.69) is 29.3 Å². The Hall–Kier alpha value is -2.89. The van der Waals surface area contributed by atoms with Gasteiger partial charge in [-0.3, -0.25) is 9.59 Å². The average molecular weight is 355 g/mol. The second-order valence-electron chi connectivity index (χ2n) is 6.34. The zero-order valence-electron chi connectivity index (χ0n) is 14.7. The lowest BCUT2D eigenvalue weighted by Crippen LogP contribution is -2.51. The third-order valence-corrected chi connectivity index (χ3v) is 4.60. The van der Waals surface area contributed by atoms with E-state index in [1.54, 1.807) is 4.90 Å². The predicted octanol–water partition coefficient (Wildman–Crippen LogP) is 2.21. The summed E-state index contributed by atoms with van der Waals surface area (Å²) in [7, 11) is 0. The molecule has 1 saturated heterocycles. The minimum atomic E-state index is -0.399. The molecule has 0 saturated carbocycles. The van der Waals surface area contributed by atoms with Crippen LogP contribution in [0.1, 0.15) is 15.9 Å². The van der Waals surface area contributed by atoms with E-state index in [1.165, 1.54) is 35.5 Å². The van der Waals surface area contributed by atoms with Crippen molar-refractivity contribution >= 4 is 17.5 Å². The number of benzene rings is 2. The Morgan fingerprint density at radius 3 is 2.31 bits per heavy atom. The number of carbonyl (C=O) groups excluding carboxylic acids is 2. The van der Waals surface area contributed by atoms with Gasteiger partial charge in [0.05, 0.1) is 6.54 Å². The number of hydrogen-bond donors (Lipinski definition) is 1. The molecular formula is C20H22FN3O2. The molecule has 0 aromatic heterocycles. The van der Waals surface area contributed by atoms with Crippen LogP contribution in [-0.2, 0) is 4.79 Å². The summed E-state index contributed by atoms with van der Waals surface area (Å²) in [5.41, 5.74) is 2.76. The van der Waals surface area contributed by atoms with E-state index in [1.807, 2.05) is 12.1 Å². The topological polar surface area (TPSA) is 52.6 Å². The van der Waals surface area contributed by atoms with Gasteiger partial charge in [0, 0.05) is 37.4 Å². The van der Waals surface area contributed by atoms with Gasteiger partial charge in [-0.25, -0.2) is 4.39 Å². The third-order valence-electron chi connectivity index (χ3n) is 4.60. The van der Waals surface area contributed by atoms with Crippen LogP contribution in [0.4, 0.5) is 10.1 Å². The number of nitrogens with one attached hydrogen (secondary N) is 1. The number of piperazine rings is 1. The summed E-state index contributed by atoms with van der Waals surface area (Å²) in [5, 5.41) is 2.60. The monoisotopic (exact) mass is 355 g/mol. The lowest BCUT2D eigenvalue weighted by molar-refractivity contribution is -0.130. The molecule has 0 atom stereocenters. The molecule has 26 heavy (non-hydrogen) atoms. The summed E-state index contributed by atoms with van der Waals surface area (Å²) in [5.74, 6) is -0.883. The molecule has 0 unspecified atom stereocenters. The van der Waals surface area contributed by atoms with Gasteiger partial charge in [0.2, 0.25) is 5.91 Å². The molecule has 2 aromatic carbocycles. The van der Waals surface area contributed by atoms with Gasteiger partial charge in [0.25, 0.3) is 5.91 Å². The molecule has 1 aliphatic heterocycles. The highest BCUT2D eigenvalue weighted by Gasteiger charge is 2.22. The lowest BCUT2D eigenvalue weighted by atomic mass is 10.1. The van der Waals surface area contributed by atoms with E-state index >= 15 is 0 Å². The first-order chi connectivity index (χ1) is 12.5. The van der Waals surface area contributed by atoms with Crippen LogP contribution < -0.4 is 10.2 Å². The number of aryl methyl sites for hydroxylation is 1. The number of nitrogens with zero attached hydrogens (tertiary/aromatic N) is 2. The molecule has 0 spiro atoms. The van der Waals surface area contributed by atoms with Crippen molar-refractivity contribution in [1.82, 2.24) is 10.2 Å². The maximum absolute atomic E-state index is 12.9.